The molecule has 0 heterocycles. The van der Waals surface area contributed by atoms with Crippen molar-refractivity contribution in [3.8, 4) is 0 Å². The third kappa shape index (κ3) is 3.40. The van der Waals surface area contributed by atoms with E-state index in [0.717, 1.165) is 11.4 Å². The number of hydrogen-bond donors (Lipinski definition) is 0. The van der Waals surface area contributed by atoms with Gasteiger partial charge in [0.05, 0.1) is 5.69 Å². The van der Waals surface area contributed by atoms with Crippen LogP contribution in [0.5, 0.6) is 0 Å². The minimum Gasteiger partial charge on any atom is -0.310 e. The molecule has 170 valence electrons. The summed E-state index contributed by atoms with van der Waals surface area (Å²) in [6.45, 7) is 2.15. The first kappa shape index (κ1) is 20.7. The van der Waals surface area contributed by atoms with Crippen molar-refractivity contribution in [2.75, 3.05) is 4.90 Å². The van der Waals surface area contributed by atoms with Crippen LogP contribution in [0.15, 0.2) is 133 Å². The number of nitrogens with zero attached hydrogens (tertiary/aromatic N) is 1. The highest BCUT2D eigenvalue weighted by Gasteiger charge is 2.16. The van der Waals surface area contributed by atoms with Gasteiger partial charge in [0, 0.05) is 16.8 Å². The molecule has 0 aromatic heterocycles. The topological polar surface area (TPSA) is 3.24 Å². The Kier molecular flexibility index (Phi) is 4.75. The lowest BCUT2D eigenvalue weighted by Gasteiger charge is -2.27. The number of rotatable bonds is 3. The molecule has 0 radical (unpaired) electrons. The number of anilines is 3. The molecule has 0 bridgehead atoms. The zero-order valence-electron chi connectivity index (χ0n) is 20.1. The quantitative estimate of drug-likeness (QED) is 0.238. The van der Waals surface area contributed by atoms with Crippen LogP contribution in [-0.4, -0.2) is 0 Å². The molecule has 0 aliphatic rings. The highest BCUT2D eigenvalue weighted by atomic mass is 15.1. The fourth-order valence-corrected chi connectivity index (χ4v) is 5.46. The van der Waals surface area contributed by atoms with E-state index in [4.69, 9.17) is 0 Å². The fraction of sp³-hybridized carbons (Fsp3) is 0.0286. The monoisotopic (exact) mass is 459 g/mol. The summed E-state index contributed by atoms with van der Waals surface area (Å²) in [6.07, 6.45) is 0. The van der Waals surface area contributed by atoms with Gasteiger partial charge in [-0.05, 0) is 75.0 Å². The third-order valence-corrected chi connectivity index (χ3v) is 7.23. The molecule has 36 heavy (non-hydrogen) atoms. The molecule has 0 fully saturated rings. The van der Waals surface area contributed by atoms with Crippen molar-refractivity contribution in [2.45, 2.75) is 6.92 Å². The molecule has 0 amide bonds. The average molecular weight is 460 g/mol. The summed E-state index contributed by atoms with van der Waals surface area (Å²) in [5.74, 6) is 0. The number of fused-ring (bicyclic) bond motifs is 5. The lowest BCUT2D eigenvalue weighted by molar-refractivity contribution is 1.31. The Morgan fingerprint density at radius 1 is 0.389 bits per heavy atom. The second kappa shape index (κ2) is 8.25. The van der Waals surface area contributed by atoms with Crippen molar-refractivity contribution in [3.63, 3.8) is 0 Å². The summed E-state index contributed by atoms with van der Waals surface area (Å²) < 4.78 is 0. The fourth-order valence-electron chi connectivity index (χ4n) is 5.46. The first-order valence-electron chi connectivity index (χ1n) is 12.4. The molecule has 1 heteroatoms. The predicted octanol–water partition coefficient (Wildman–Crippen LogP) is 10.1. The molecule has 0 saturated heterocycles. The summed E-state index contributed by atoms with van der Waals surface area (Å²) in [5, 5.41) is 10.1. The first-order valence-corrected chi connectivity index (χ1v) is 12.4. The Morgan fingerprint density at radius 2 is 0.972 bits per heavy atom. The maximum absolute atomic E-state index is 2.40. The second-order valence-corrected chi connectivity index (χ2v) is 9.56. The molecule has 7 aromatic rings. The normalized spacial score (nSPS) is 11.5. The summed E-state index contributed by atoms with van der Waals surface area (Å²) in [7, 11) is 0. The highest BCUT2D eigenvalue weighted by molar-refractivity contribution is 6.09. The Bertz CT molecular complexity index is 1910. The molecule has 0 aliphatic heterocycles. The Hall–Kier alpha value is -4.62. The molecule has 1 nitrogen and oxygen atoms in total. The van der Waals surface area contributed by atoms with Crippen LogP contribution < -0.4 is 4.90 Å². The van der Waals surface area contributed by atoms with Crippen LogP contribution in [-0.2, 0) is 0 Å². The number of benzene rings is 7. The molecule has 0 saturated carbocycles. The maximum Gasteiger partial charge on any atom is 0.0540 e. The SMILES string of the molecule is Cc1ccc2c(ccc3cc(N(c4ccc5ccccc5c4)c4cccc5ccccc45)ccc32)c1. The van der Waals surface area contributed by atoms with E-state index in [2.05, 4.69) is 145 Å². The summed E-state index contributed by atoms with van der Waals surface area (Å²) in [4.78, 5) is 2.40. The van der Waals surface area contributed by atoms with E-state index in [1.165, 1.54) is 54.3 Å². The summed E-state index contributed by atoms with van der Waals surface area (Å²) in [5.41, 5.74) is 4.78. The van der Waals surface area contributed by atoms with Crippen molar-refractivity contribution in [1.82, 2.24) is 0 Å². The van der Waals surface area contributed by atoms with Gasteiger partial charge in [-0.3, -0.25) is 0 Å². The van der Waals surface area contributed by atoms with Gasteiger partial charge in [-0.2, -0.15) is 0 Å². The van der Waals surface area contributed by atoms with Gasteiger partial charge in [-0.15, -0.1) is 0 Å². The van der Waals surface area contributed by atoms with E-state index in [1.807, 2.05) is 0 Å². The van der Waals surface area contributed by atoms with E-state index in [1.54, 1.807) is 0 Å². The second-order valence-electron chi connectivity index (χ2n) is 9.56. The van der Waals surface area contributed by atoms with E-state index in [-0.39, 0.29) is 0 Å². The molecule has 0 spiro atoms. The molecule has 0 aliphatic carbocycles. The molecular weight excluding hydrogens is 434 g/mol. The van der Waals surface area contributed by atoms with Crippen molar-refractivity contribution < 1.29 is 0 Å². The smallest absolute Gasteiger partial charge is 0.0540 e. The van der Waals surface area contributed by atoms with E-state index in [9.17, 15) is 0 Å². The van der Waals surface area contributed by atoms with Crippen molar-refractivity contribution >= 4 is 60.2 Å². The minimum atomic E-state index is 1.15. The van der Waals surface area contributed by atoms with Gasteiger partial charge in [0.25, 0.3) is 0 Å². The van der Waals surface area contributed by atoms with Gasteiger partial charge in [0.2, 0.25) is 0 Å². The van der Waals surface area contributed by atoms with Crippen LogP contribution in [0.25, 0.3) is 43.1 Å². The molecule has 7 rings (SSSR count). The van der Waals surface area contributed by atoms with Crippen molar-refractivity contribution in [3.05, 3.63) is 139 Å². The zero-order chi connectivity index (χ0) is 24.1. The molecule has 0 atom stereocenters. The van der Waals surface area contributed by atoms with Crippen LogP contribution >= 0.6 is 0 Å². The summed E-state index contributed by atoms with van der Waals surface area (Å²) >= 11 is 0. The number of hydrogen-bond acceptors (Lipinski definition) is 1. The minimum absolute atomic E-state index is 1.15. The van der Waals surface area contributed by atoms with Crippen LogP contribution in [0, 0.1) is 6.92 Å². The van der Waals surface area contributed by atoms with Crippen LogP contribution in [0.1, 0.15) is 5.56 Å². The standard InChI is InChI=1S/C35H25N/c1-24-13-19-32-28(21-24)14-15-29-23-31(18-20-33(29)32)36(30-17-16-25-7-2-3-9-27(25)22-30)35-12-6-10-26-8-4-5-11-34(26)35/h2-23H,1H3. The van der Waals surface area contributed by atoms with Gasteiger partial charge in [-0.1, -0.05) is 109 Å². The van der Waals surface area contributed by atoms with Crippen molar-refractivity contribution in [2.24, 2.45) is 0 Å². The summed E-state index contributed by atoms with van der Waals surface area (Å²) in [6, 6.07) is 48.6. The average Bonchev–Trinajstić information content (AvgIpc) is 2.93. The Labute approximate surface area is 210 Å². The maximum atomic E-state index is 2.40. The first-order chi connectivity index (χ1) is 17.7. The van der Waals surface area contributed by atoms with E-state index < -0.39 is 0 Å². The Morgan fingerprint density at radius 3 is 1.81 bits per heavy atom. The van der Waals surface area contributed by atoms with Crippen LogP contribution in [0.2, 0.25) is 0 Å². The van der Waals surface area contributed by atoms with Gasteiger partial charge in [0.1, 0.15) is 0 Å². The highest BCUT2D eigenvalue weighted by Crippen LogP contribution is 2.41. The van der Waals surface area contributed by atoms with Gasteiger partial charge in [0.15, 0.2) is 0 Å². The van der Waals surface area contributed by atoms with E-state index in [0.29, 0.717) is 0 Å². The molecular formula is C35H25N. The van der Waals surface area contributed by atoms with E-state index >= 15 is 0 Å². The molecule has 0 N–H and O–H groups in total. The molecule has 0 unspecified atom stereocenters. The van der Waals surface area contributed by atoms with Crippen molar-refractivity contribution in [1.29, 1.82) is 0 Å². The lowest BCUT2D eigenvalue weighted by Crippen LogP contribution is -2.10. The zero-order valence-corrected chi connectivity index (χ0v) is 20.1. The van der Waals surface area contributed by atoms with Gasteiger partial charge < -0.3 is 4.90 Å². The number of aryl methyl sites for hydroxylation is 1. The van der Waals surface area contributed by atoms with Crippen LogP contribution in [0.3, 0.4) is 0 Å². The van der Waals surface area contributed by atoms with Crippen LogP contribution in [0.4, 0.5) is 17.1 Å². The third-order valence-electron chi connectivity index (χ3n) is 7.23. The lowest BCUT2D eigenvalue weighted by atomic mass is 9.99. The predicted molar refractivity (Wildman–Crippen MR) is 156 cm³/mol. The Balaban J connectivity index is 1.49. The van der Waals surface area contributed by atoms with Gasteiger partial charge in [-0.25, -0.2) is 0 Å². The largest absolute Gasteiger partial charge is 0.310 e. The van der Waals surface area contributed by atoms with Gasteiger partial charge >= 0.3 is 0 Å². The molecule has 7 aromatic carbocycles.